The zero-order chi connectivity index (χ0) is 13.7. The van der Waals surface area contributed by atoms with Gasteiger partial charge in [-0.2, -0.15) is 0 Å². The highest BCUT2D eigenvalue weighted by molar-refractivity contribution is 5.24. The molecular weight excluding hydrogens is 250 g/mol. The molecule has 0 spiro atoms. The first-order chi connectivity index (χ1) is 9.19. The minimum Gasteiger partial charge on any atom is -0.493 e. The number of rotatable bonds is 5. The van der Waals surface area contributed by atoms with E-state index in [9.17, 15) is 13.9 Å². The van der Waals surface area contributed by atoms with E-state index in [0.717, 1.165) is 0 Å². The Bertz CT molecular complexity index is 543. The lowest BCUT2D eigenvalue weighted by Gasteiger charge is -2.15. The van der Waals surface area contributed by atoms with E-state index in [1.54, 1.807) is 24.3 Å². The van der Waals surface area contributed by atoms with Crippen LogP contribution in [0.3, 0.4) is 0 Å². The number of hydrogen-bond donors (Lipinski definition) is 1. The highest BCUT2D eigenvalue weighted by Crippen LogP contribution is 2.19. The zero-order valence-corrected chi connectivity index (χ0v) is 10.2. The average molecular weight is 264 g/mol. The molecule has 0 amide bonds. The molecule has 0 heterocycles. The number of halogens is 2. The van der Waals surface area contributed by atoms with E-state index >= 15 is 0 Å². The molecule has 0 saturated heterocycles. The van der Waals surface area contributed by atoms with Crippen molar-refractivity contribution in [3.8, 4) is 5.75 Å². The molecule has 0 aliphatic heterocycles. The standard InChI is InChI=1S/C15H14F2O2/c16-13-4-1-3-11(7-13)12(9-18)10-19-15-6-2-5-14(17)8-15/h1-8,12,18H,9-10H2. The highest BCUT2D eigenvalue weighted by atomic mass is 19.1. The highest BCUT2D eigenvalue weighted by Gasteiger charge is 2.12. The van der Waals surface area contributed by atoms with Crippen LogP contribution in [-0.2, 0) is 0 Å². The molecule has 0 aliphatic rings. The molecule has 0 bridgehead atoms. The molecule has 1 atom stereocenters. The van der Waals surface area contributed by atoms with Crippen molar-refractivity contribution in [1.82, 2.24) is 0 Å². The summed E-state index contributed by atoms with van der Waals surface area (Å²) in [5, 5.41) is 9.33. The molecule has 1 unspecified atom stereocenters. The van der Waals surface area contributed by atoms with Crippen LogP contribution in [0.5, 0.6) is 5.75 Å². The molecule has 2 aromatic rings. The Morgan fingerprint density at radius 2 is 1.68 bits per heavy atom. The summed E-state index contributed by atoms with van der Waals surface area (Å²) in [6, 6.07) is 11.8. The summed E-state index contributed by atoms with van der Waals surface area (Å²) >= 11 is 0. The molecule has 0 radical (unpaired) electrons. The van der Waals surface area contributed by atoms with Gasteiger partial charge in [0.1, 0.15) is 17.4 Å². The van der Waals surface area contributed by atoms with E-state index in [0.29, 0.717) is 11.3 Å². The fraction of sp³-hybridized carbons (Fsp3) is 0.200. The first kappa shape index (κ1) is 13.5. The van der Waals surface area contributed by atoms with E-state index in [-0.39, 0.29) is 30.8 Å². The van der Waals surface area contributed by atoms with Crippen molar-refractivity contribution < 1.29 is 18.6 Å². The maximum Gasteiger partial charge on any atom is 0.126 e. The fourth-order valence-electron chi connectivity index (χ4n) is 1.77. The number of hydrogen-bond acceptors (Lipinski definition) is 2. The summed E-state index contributed by atoms with van der Waals surface area (Å²) in [4.78, 5) is 0. The SMILES string of the molecule is OCC(COc1cccc(F)c1)c1cccc(F)c1. The van der Waals surface area contributed by atoms with Crippen LogP contribution in [0.4, 0.5) is 8.78 Å². The van der Waals surface area contributed by atoms with Gasteiger partial charge < -0.3 is 9.84 Å². The number of benzene rings is 2. The van der Waals surface area contributed by atoms with Gasteiger partial charge in [0.25, 0.3) is 0 Å². The van der Waals surface area contributed by atoms with Crippen LogP contribution < -0.4 is 4.74 Å². The van der Waals surface area contributed by atoms with Crippen LogP contribution in [0.25, 0.3) is 0 Å². The third-order valence-corrected chi connectivity index (χ3v) is 2.79. The van der Waals surface area contributed by atoms with E-state index < -0.39 is 0 Å². The molecule has 100 valence electrons. The third-order valence-electron chi connectivity index (χ3n) is 2.79. The minimum absolute atomic E-state index is 0.156. The number of aliphatic hydroxyl groups is 1. The maximum absolute atomic E-state index is 13.1. The Balaban J connectivity index is 2.04. The van der Waals surface area contributed by atoms with Gasteiger partial charge in [0, 0.05) is 12.0 Å². The van der Waals surface area contributed by atoms with Crippen LogP contribution >= 0.6 is 0 Å². The molecular formula is C15H14F2O2. The van der Waals surface area contributed by atoms with Gasteiger partial charge in [-0.3, -0.25) is 0 Å². The predicted molar refractivity (Wildman–Crippen MR) is 68.1 cm³/mol. The zero-order valence-electron chi connectivity index (χ0n) is 10.2. The molecule has 0 aliphatic carbocycles. The van der Waals surface area contributed by atoms with Crippen LogP contribution in [0.15, 0.2) is 48.5 Å². The van der Waals surface area contributed by atoms with Gasteiger partial charge in [0.15, 0.2) is 0 Å². The average Bonchev–Trinajstić information content (AvgIpc) is 2.40. The molecule has 2 rings (SSSR count). The summed E-state index contributed by atoms with van der Waals surface area (Å²) < 4.78 is 31.5. The van der Waals surface area contributed by atoms with Crippen LogP contribution in [0.2, 0.25) is 0 Å². The monoisotopic (exact) mass is 264 g/mol. The maximum atomic E-state index is 13.1. The van der Waals surface area contributed by atoms with Crippen molar-refractivity contribution in [2.45, 2.75) is 5.92 Å². The van der Waals surface area contributed by atoms with Gasteiger partial charge in [0.2, 0.25) is 0 Å². The predicted octanol–water partition coefficient (Wildman–Crippen LogP) is 3.12. The van der Waals surface area contributed by atoms with Crippen molar-refractivity contribution in [3.63, 3.8) is 0 Å². The lowest BCUT2D eigenvalue weighted by atomic mass is 10.0. The normalized spacial score (nSPS) is 12.2. The lowest BCUT2D eigenvalue weighted by molar-refractivity contribution is 0.204. The molecule has 4 heteroatoms. The van der Waals surface area contributed by atoms with Gasteiger partial charge >= 0.3 is 0 Å². The van der Waals surface area contributed by atoms with Gasteiger partial charge in [-0.25, -0.2) is 8.78 Å². The fourth-order valence-corrected chi connectivity index (χ4v) is 1.77. The summed E-state index contributed by atoms with van der Waals surface area (Å²) in [5.74, 6) is -0.709. The Labute approximate surface area is 110 Å². The second kappa shape index (κ2) is 6.29. The topological polar surface area (TPSA) is 29.5 Å². The summed E-state index contributed by atoms with van der Waals surface area (Å²) in [7, 11) is 0. The molecule has 0 fully saturated rings. The molecule has 1 N–H and O–H groups in total. The van der Waals surface area contributed by atoms with Crippen molar-refractivity contribution in [2.24, 2.45) is 0 Å². The Morgan fingerprint density at radius 1 is 1.00 bits per heavy atom. The molecule has 0 aromatic heterocycles. The van der Waals surface area contributed by atoms with Gasteiger partial charge in [-0.15, -0.1) is 0 Å². The lowest BCUT2D eigenvalue weighted by Crippen LogP contribution is -2.14. The summed E-state index contributed by atoms with van der Waals surface area (Å²) in [6.45, 7) is -0.0117. The van der Waals surface area contributed by atoms with Crippen molar-refractivity contribution in [3.05, 3.63) is 65.7 Å². The van der Waals surface area contributed by atoms with Crippen LogP contribution in [0.1, 0.15) is 11.5 Å². The van der Waals surface area contributed by atoms with Crippen LogP contribution in [0, 0.1) is 11.6 Å². The van der Waals surface area contributed by atoms with Crippen molar-refractivity contribution in [2.75, 3.05) is 13.2 Å². The van der Waals surface area contributed by atoms with Gasteiger partial charge in [-0.05, 0) is 29.8 Å². The first-order valence-electron chi connectivity index (χ1n) is 5.93. The molecule has 2 nitrogen and oxygen atoms in total. The second-order valence-electron chi connectivity index (χ2n) is 4.20. The Morgan fingerprint density at radius 3 is 2.32 bits per heavy atom. The van der Waals surface area contributed by atoms with E-state index in [4.69, 9.17) is 4.74 Å². The summed E-state index contributed by atoms with van der Waals surface area (Å²) in [6.07, 6.45) is 0. The molecule has 19 heavy (non-hydrogen) atoms. The largest absolute Gasteiger partial charge is 0.493 e. The van der Waals surface area contributed by atoms with Crippen molar-refractivity contribution >= 4 is 0 Å². The number of ether oxygens (including phenoxy) is 1. The first-order valence-corrected chi connectivity index (χ1v) is 5.93. The van der Waals surface area contributed by atoms with Gasteiger partial charge in [-0.1, -0.05) is 18.2 Å². The van der Waals surface area contributed by atoms with Crippen LogP contribution in [-0.4, -0.2) is 18.3 Å². The van der Waals surface area contributed by atoms with E-state index in [1.807, 2.05) is 0 Å². The quantitative estimate of drug-likeness (QED) is 0.899. The van der Waals surface area contributed by atoms with Gasteiger partial charge in [0.05, 0.1) is 13.2 Å². The third kappa shape index (κ3) is 3.76. The Hall–Kier alpha value is -1.94. The number of aliphatic hydroxyl groups excluding tert-OH is 1. The smallest absolute Gasteiger partial charge is 0.126 e. The Kier molecular flexibility index (Phi) is 4.47. The second-order valence-corrected chi connectivity index (χ2v) is 4.20. The summed E-state index contributed by atoms with van der Waals surface area (Å²) in [5.41, 5.74) is 0.652. The minimum atomic E-state index is -0.385. The van der Waals surface area contributed by atoms with E-state index in [1.165, 1.54) is 24.3 Å². The van der Waals surface area contributed by atoms with E-state index in [2.05, 4.69) is 0 Å². The van der Waals surface area contributed by atoms with Crippen molar-refractivity contribution in [1.29, 1.82) is 0 Å². The molecule has 2 aromatic carbocycles. The molecule has 0 saturated carbocycles.